The van der Waals surface area contributed by atoms with Gasteiger partial charge in [-0.15, -0.1) is 0 Å². The van der Waals surface area contributed by atoms with E-state index < -0.39 is 0 Å². The highest BCUT2D eigenvalue weighted by Gasteiger charge is 2.35. The quantitative estimate of drug-likeness (QED) is 0.784. The smallest absolute Gasteiger partial charge is 0.251 e. The average Bonchev–Trinajstić information content (AvgIpc) is 2.29. The van der Waals surface area contributed by atoms with Gasteiger partial charge in [0.15, 0.2) is 0 Å². The van der Waals surface area contributed by atoms with Crippen molar-refractivity contribution >= 4 is 11.6 Å². The molecular weight excluding hydrogens is 212 g/mol. The number of anilines is 1. The minimum atomic E-state index is 0.00438. The van der Waals surface area contributed by atoms with E-state index in [1.165, 1.54) is 19.3 Å². The second kappa shape index (κ2) is 4.78. The van der Waals surface area contributed by atoms with E-state index in [0.29, 0.717) is 16.7 Å². The van der Waals surface area contributed by atoms with E-state index in [0.717, 1.165) is 13.0 Å². The van der Waals surface area contributed by atoms with E-state index in [2.05, 4.69) is 12.2 Å². The summed E-state index contributed by atoms with van der Waals surface area (Å²) in [6, 6.07) is 7.05. The number of amides is 1. The lowest BCUT2D eigenvalue weighted by atomic mass is 9.67. The predicted molar refractivity (Wildman–Crippen MR) is 69.8 cm³/mol. The highest BCUT2D eigenvalue weighted by molar-refractivity contribution is 5.94. The van der Waals surface area contributed by atoms with Crippen LogP contribution in [0.2, 0.25) is 0 Å². The van der Waals surface area contributed by atoms with Crippen LogP contribution in [-0.2, 0) is 0 Å². The molecule has 0 aliphatic heterocycles. The molecule has 1 saturated carbocycles. The van der Waals surface area contributed by atoms with Crippen molar-refractivity contribution in [3.63, 3.8) is 0 Å². The Hall–Kier alpha value is -1.51. The number of carbonyl (C=O) groups excluding carboxylic acids is 1. The van der Waals surface area contributed by atoms with Crippen LogP contribution >= 0.6 is 0 Å². The first-order valence-electron chi connectivity index (χ1n) is 6.29. The van der Waals surface area contributed by atoms with E-state index in [9.17, 15) is 4.79 Å². The van der Waals surface area contributed by atoms with Crippen molar-refractivity contribution < 1.29 is 4.79 Å². The summed E-state index contributed by atoms with van der Waals surface area (Å²) in [5.41, 5.74) is 7.33. The van der Waals surface area contributed by atoms with Crippen molar-refractivity contribution in [1.82, 2.24) is 5.32 Å². The lowest BCUT2D eigenvalue weighted by Crippen LogP contribution is -2.41. The van der Waals surface area contributed by atoms with Gasteiger partial charge in [-0.3, -0.25) is 4.79 Å². The Morgan fingerprint density at radius 2 is 2.00 bits per heavy atom. The molecule has 17 heavy (non-hydrogen) atoms. The molecule has 1 amide bonds. The molecule has 1 aliphatic carbocycles. The number of nitrogens with one attached hydrogen (secondary N) is 1. The van der Waals surface area contributed by atoms with Gasteiger partial charge in [-0.2, -0.15) is 0 Å². The van der Waals surface area contributed by atoms with Gasteiger partial charge in [-0.1, -0.05) is 13.3 Å². The Labute approximate surface area is 102 Å². The maximum absolute atomic E-state index is 11.9. The first-order valence-corrected chi connectivity index (χ1v) is 6.29. The zero-order valence-corrected chi connectivity index (χ0v) is 10.3. The fourth-order valence-corrected chi connectivity index (χ4v) is 2.34. The van der Waals surface area contributed by atoms with Crippen LogP contribution in [0, 0.1) is 5.41 Å². The van der Waals surface area contributed by atoms with Crippen molar-refractivity contribution in [2.45, 2.75) is 32.6 Å². The van der Waals surface area contributed by atoms with E-state index in [-0.39, 0.29) is 5.91 Å². The molecule has 0 bridgehead atoms. The van der Waals surface area contributed by atoms with Crippen LogP contribution in [0.25, 0.3) is 0 Å². The van der Waals surface area contributed by atoms with Gasteiger partial charge in [-0.05, 0) is 48.9 Å². The number of benzene rings is 1. The molecule has 1 aromatic rings. The van der Waals surface area contributed by atoms with Crippen molar-refractivity contribution in [2.24, 2.45) is 5.41 Å². The Morgan fingerprint density at radius 3 is 2.47 bits per heavy atom. The van der Waals surface area contributed by atoms with Gasteiger partial charge in [0.25, 0.3) is 5.91 Å². The van der Waals surface area contributed by atoms with Gasteiger partial charge in [0.2, 0.25) is 0 Å². The highest BCUT2D eigenvalue weighted by Crippen LogP contribution is 2.43. The summed E-state index contributed by atoms with van der Waals surface area (Å²) in [6.45, 7) is 3.00. The van der Waals surface area contributed by atoms with Crippen molar-refractivity contribution in [2.75, 3.05) is 12.3 Å². The molecular formula is C14H20N2O. The summed E-state index contributed by atoms with van der Waals surface area (Å²) < 4.78 is 0. The minimum absolute atomic E-state index is 0.00438. The van der Waals surface area contributed by atoms with Gasteiger partial charge in [0.05, 0.1) is 0 Å². The van der Waals surface area contributed by atoms with E-state index in [4.69, 9.17) is 5.73 Å². The highest BCUT2D eigenvalue weighted by atomic mass is 16.1. The number of hydrogen-bond donors (Lipinski definition) is 2. The predicted octanol–water partition coefficient (Wildman–Crippen LogP) is 2.58. The minimum Gasteiger partial charge on any atom is -0.399 e. The largest absolute Gasteiger partial charge is 0.399 e. The molecule has 2 rings (SSSR count). The molecule has 3 heteroatoms. The molecule has 3 nitrogen and oxygen atoms in total. The second-order valence-corrected chi connectivity index (χ2v) is 5.01. The molecule has 92 valence electrons. The number of nitrogen functional groups attached to an aromatic ring is 1. The number of nitrogens with two attached hydrogens (primary N) is 1. The monoisotopic (exact) mass is 232 g/mol. The molecule has 0 saturated heterocycles. The molecule has 0 atom stereocenters. The third-order valence-electron chi connectivity index (χ3n) is 3.96. The number of carbonyl (C=O) groups is 1. The third-order valence-corrected chi connectivity index (χ3v) is 3.96. The van der Waals surface area contributed by atoms with Crippen LogP contribution in [0.15, 0.2) is 24.3 Å². The Morgan fingerprint density at radius 1 is 1.35 bits per heavy atom. The fourth-order valence-electron chi connectivity index (χ4n) is 2.34. The SMILES string of the molecule is CCC1(CNC(=O)c2ccc(N)cc2)CCC1. The number of hydrogen-bond acceptors (Lipinski definition) is 2. The van der Waals surface area contributed by atoms with Crippen LogP contribution in [0.4, 0.5) is 5.69 Å². The van der Waals surface area contributed by atoms with Crippen molar-refractivity contribution in [3.8, 4) is 0 Å². The van der Waals surface area contributed by atoms with E-state index >= 15 is 0 Å². The first kappa shape index (κ1) is 12.0. The van der Waals surface area contributed by atoms with Crippen molar-refractivity contribution in [3.05, 3.63) is 29.8 Å². The van der Waals surface area contributed by atoms with Gasteiger partial charge in [0, 0.05) is 17.8 Å². The molecule has 0 radical (unpaired) electrons. The van der Waals surface area contributed by atoms with Gasteiger partial charge in [-0.25, -0.2) is 0 Å². The summed E-state index contributed by atoms with van der Waals surface area (Å²) in [7, 11) is 0. The normalized spacial score (nSPS) is 17.2. The lowest BCUT2D eigenvalue weighted by Gasteiger charge is -2.41. The molecule has 0 spiro atoms. The fraction of sp³-hybridized carbons (Fsp3) is 0.500. The summed E-state index contributed by atoms with van der Waals surface area (Å²) >= 11 is 0. The van der Waals surface area contributed by atoms with Gasteiger partial charge in [0.1, 0.15) is 0 Å². The van der Waals surface area contributed by atoms with Crippen molar-refractivity contribution in [1.29, 1.82) is 0 Å². The van der Waals surface area contributed by atoms with Crippen LogP contribution in [0.3, 0.4) is 0 Å². The summed E-state index contributed by atoms with van der Waals surface area (Å²) in [4.78, 5) is 11.9. The Bertz CT molecular complexity index is 388. The molecule has 1 aliphatic rings. The first-order chi connectivity index (χ1) is 8.15. The average molecular weight is 232 g/mol. The van der Waals surface area contributed by atoms with Gasteiger partial charge >= 0.3 is 0 Å². The van der Waals surface area contributed by atoms with E-state index in [1.807, 2.05) is 0 Å². The maximum atomic E-state index is 11.9. The zero-order chi connectivity index (χ0) is 12.3. The molecule has 1 aromatic carbocycles. The molecule has 0 aromatic heterocycles. The zero-order valence-electron chi connectivity index (χ0n) is 10.3. The molecule has 0 heterocycles. The molecule has 3 N–H and O–H groups in total. The summed E-state index contributed by atoms with van der Waals surface area (Å²) in [5.74, 6) is 0.00438. The maximum Gasteiger partial charge on any atom is 0.251 e. The van der Waals surface area contributed by atoms with Gasteiger partial charge < -0.3 is 11.1 Å². The number of rotatable bonds is 4. The van der Waals surface area contributed by atoms with Crippen LogP contribution in [0.5, 0.6) is 0 Å². The standard InChI is InChI=1S/C14H20N2O/c1-2-14(8-3-9-14)10-16-13(17)11-4-6-12(15)7-5-11/h4-7H,2-3,8-10,15H2,1H3,(H,16,17). The summed E-state index contributed by atoms with van der Waals surface area (Å²) in [6.07, 6.45) is 4.93. The Kier molecular flexibility index (Phi) is 3.36. The van der Waals surface area contributed by atoms with Crippen LogP contribution in [-0.4, -0.2) is 12.5 Å². The topological polar surface area (TPSA) is 55.1 Å². The van der Waals surface area contributed by atoms with E-state index in [1.54, 1.807) is 24.3 Å². The molecule has 1 fully saturated rings. The second-order valence-electron chi connectivity index (χ2n) is 5.01. The third kappa shape index (κ3) is 2.60. The van der Waals surface area contributed by atoms with Crippen LogP contribution < -0.4 is 11.1 Å². The van der Waals surface area contributed by atoms with Crippen LogP contribution in [0.1, 0.15) is 43.0 Å². The Balaban J connectivity index is 1.91. The molecule has 0 unspecified atom stereocenters. The summed E-state index contributed by atoms with van der Waals surface area (Å²) in [5, 5.41) is 3.03. The lowest BCUT2D eigenvalue weighted by molar-refractivity contribution is 0.0850.